The van der Waals surface area contributed by atoms with E-state index in [1.807, 2.05) is 43.3 Å². The van der Waals surface area contributed by atoms with Gasteiger partial charge in [-0.1, -0.05) is 12.1 Å². The molecule has 0 spiro atoms. The Labute approximate surface area is 130 Å². The van der Waals surface area contributed by atoms with Gasteiger partial charge in [0.25, 0.3) is 0 Å². The molecule has 112 valence electrons. The fraction of sp³-hybridized carbons (Fsp3) is 0.294. The van der Waals surface area contributed by atoms with Gasteiger partial charge in [-0.3, -0.25) is 0 Å². The zero-order valence-corrected chi connectivity index (χ0v) is 13.2. The zero-order chi connectivity index (χ0) is 15.1. The molecule has 2 aromatic rings. The summed E-state index contributed by atoms with van der Waals surface area (Å²) in [6.45, 7) is 2.65. The molecule has 2 aromatic carbocycles. The van der Waals surface area contributed by atoms with Crippen LogP contribution in [0.1, 0.15) is 18.9 Å². The number of ether oxygens (including phenoxy) is 1. The Morgan fingerprint density at radius 2 is 1.95 bits per heavy atom. The molecule has 0 saturated heterocycles. The summed E-state index contributed by atoms with van der Waals surface area (Å²) in [4.78, 5) is 1.09. The van der Waals surface area contributed by atoms with Crippen molar-refractivity contribution in [1.29, 1.82) is 0 Å². The fourth-order valence-electron chi connectivity index (χ4n) is 2.10. The van der Waals surface area contributed by atoms with Gasteiger partial charge in [-0.15, -0.1) is 11.8 Å². The van der Waals surface area contributed by atoms with Gasteiger partial charge < -0.3 is 16.2 Å². The quantitative estimate of drug-likeness (QED) is 0.461. The lowest BCUT2D eigenvalue weighted by Crippen LogP contribution is -1.95. The summed E-state index contributed by atoms with van der Waals surface area (Å²) < 4.78 is 5.51. The van der Waals surface area contributed by atoms with Crippen LogP contribution < -0.4 is 16.2 Å². The molecule has 4 heteroatoms. The summed E-state index contributed by atoms with van der Waals surface area (Å²) in [6, 6.07) is 13.9. The molecule has 0 saturated carbocycles. The smallest absolute Gasteiger partial charge is 0.120 e. The number of aryl methyl sites for hydroxylation is 1. The molecular formula is C17H22N2OS. The number of rotatable bonds is 7. The van der Waals surface area contributed by atoms with Crippen LogP contribution in [0.3, 0.4) is 0 Å². The minimum Gasteiger partial charge on any atom is -0.494 e. The highest BCUT2D eigenvalue weighted by Crippen LogP contribution is 2.30. The largest absolute Gasteiger partial charge is 0.494 e. The predicted octanol–water partition coefficient (Wildman–Crippen LogP) is 3.97. The molecule has 4 N–H and O–H groups in total. The summed E-state index contributed by atoms with van der Waals surface area (Å²) in [6.07, 6.45) is 2.12. The van der Waals surface area contributed by atoms with Crippen LogP contribution in [0, 0.1) is 0 Å². The van der Waals surface area contributed by atoms with Crippen LogP contribution in [-0.2, 0) is 6.42 Å². The summed E-state index contributed by atoms with van der Waals surface area (Å²) in [5.41, 5.74) is 14.7. The van der Waals surface area contributed by atoms with E-state index in [9.17, 15) is 0 Å². The van der Waals surface area contributed by atoms with Gasteiger partial charge in [0.05, 0.1) is 6.61 Å². The fourth-order valence-corrected chi connectivity index (χ4v) is 3.05. The molecule has 2 rings (SSSR count). The SMILES string of the molecule is CCOc1ccc(N)c(SCCCc2cccc(N)c2)c1. The molecule has 0 fully saturated rings. The number of anilines is 2. The Morgan fingerprint density at radius 1 is 1.10 bits per heavy atom. The Balaban J connectivity index is 1.84. The first-order valence-corrected chi connectivity index (χ1v) is 8.17. The second kappa shape index (κ2) is 7.84. The van der Waals surface area contributed by atoms with Crippen LogP contribution in [0.25, 0.3) is 0 Å². The van der Waals surface area contributed by atoms with Crippen LogP contribution >= 0.6 is 11.8 Å². The lowest BCUT2D eigenvalue weighted by atomic mass is 10.1. The van der Waals surface area contributed by atoms with Crippen molar-refractivity contribution in [1.82, 2.24) is 0 Å². The third-order valence-corrected chi connectivity index (χ3v) is 4.27. The van der Waals surface area contributed by atoms with Gasteiger partial charge in [-0.2, -0.15) is 0 Å². The van der Waals surface area contributed by atoms with E-state index in [0.717, 1.165) is 40.6 Å². The standard InChI is InChI=1S/C17H22N2OS/c1-2-20-15-8-9-16(19)17(12-15)21-10-4-6-13-5-3-7-14(18)11-13/h3,5,7-9,11-12H,2,4,6,10,18-19H2,1H3. The van der Waals surface area contributed by atoms with Crippen molar-refractivity contribution in [2.24, 2.45) is 0 Å². The molecule has 0 aromatic heterocycles. The van der Waals surface area contributed by atoms with Gasteiger partial charge in [0.15, 0.2) is 0 Å². The number of hydrogen-bond donors (Lipinski definition) is 2. The summed E-state index contributed by atoms with van der Waals surface area (Å²) in [5.74, 6) is 1.90. The minimum atomic E-state index is 0.670. The van der Waals surface area contributed by atoms with Crippen molar-refractivity contribution >= 4 is 23.1 Å². The molecule has 0 unspecified atom stereocenters. The maximum absolute atomic E-state index is 6.01. The van der Waals surface area contributed by atoms with E-state index in [1.54, 1.807) is 11.8 Å². The van der Waals surface area contributed by atoms with Crippen molar-refractivity contribution in [3.8, 4) is 5.75 Å². The summed E-state index contributed by atoms with van der Waals surface area (Å²) >= 11 is 1.77. The van der Waals surface area contributed by atoms with E-state index in [0.29, 0.717) is 6.61 Å². The molecule has 21 heavy (non-hydrogen) atoms. The lowest BCUT2D eigenvalue weighted by molar-refractivity contribution is 0.339. The van der Waals surface area contributed by atoms with Crippen LogP contribution in [0.2, 0.25) is 0 Å². The third kappa shape index (κ3) is 4.90. The highest BCUT2D eigenvalue weighted by atomic mass is 32.2. The van der Waals surface area contributed by atoms with Gasteiger partial charge in [0, 0.05) is 16.3 Å². The maximum atomic E-state index is 6.01. The first-order chi connectivity index (χ1) is 10.2. The van der Waals surface area contributed by atoms with Crippen molar-refractivity contribution in [3.63, 3.8) is 0 Å². The average Bonchev–Trinajstić information content (AvgIpc) is 2.47. The average molecular weight is 302 g/mol. The summed E-state index contributed by atoms with van der Waals surface area (Å²) in [5, 5.41) is 0. The predicted molar refractivity (Wildman–Crippen MR) is 91.9 cm³/mol. The van der Waals surface area contributed by atoms with E-state index in [4.69, 9.17) is 16.2 Å². The number of benzene rings is 2. The molecular weight excluding hydrogens is 280 g/mol. The molecule has 0 aliphatic carbocycles. The van der Waals surface area contributed by atoms with Crippen molar-refractivity contribution < 1.29 is 4.74 Å². The molecule has 0 atom stereocenters. The highest BCUT2D eigenvalue weighted by Gasteiger charge is 2.03. The van der Waals surface area contributed by atoms with Gasteiger partial charge >= 0.3 is 0 Å². The Bertz CT molecular complexity index is 587. The number of nitrogens with two attached hydrogens (primary N) is 2. The molecule has 0 amide bonds. The Kier molecular flexibility index (Phi) is 5.81. The van der Waals surface area contributed by atoms with Crippen LogP contribution in [-0.4, -0.2) is 12.4 Å². The van der Waals surface area contributed by atoms with E-state index in [1.165, 1.54) is 5.56 Å². The number of hydrogen-bond acceptors (Lipinski definition) is 4. The zero-order valence-electron chi connectivity index (χ0n) is 12.3. The lowest BCUT2D eigenvalue weighted by Gasteiger charge is -2.09. The van der Waals surface area contributed by atoms with E-state index in [-0.39, 0.29) is 0 Å². The van der Waals surface area contributed by atoms with E-state index >= 15 is 0 Å². The topological polar surface area (TPSA) is 61.3 Å². The first-order valence-electron chi connectivity index (χ1n) is 7.18. The van der Waals surface area contributed by atoms with Gasteiger partial charge in [0.2, 0.25) is 0 Å². The van der Waals surface area contributed by atoms with Gasteiger partial charge in [-0.05, 0) is 61.4 Å². The molecule has 0 heterocycles. The number of nitrogen functional groups attached to an aromatic ring is 2. The maximum Gasteiger partial charge on any atom is 0.120 e. The van der Waals surface area contributed by atoms with E-state index < -0.39 is 0 Å². The van der Waals surface area contributed by atoms with Crippen molar-refractivity contribution in [3.05, 3.63) is 48.0 Å². The second-order valence-electron chi connectivity index (χ2n) is 4.83. The minimum absolute atomic E-state index is 0.670. The van der Waals surface area contributed by atoms with Gasteiger partial charge in [0.1, 0.15) is 5.75 Å². The Hall–Kier alpha value is -1.81. The van der Waals surface area contributed by atoms with Crippen LogP contribution in [0.15, 0.2) is 47.4 Å². The van der Waals surface area contributed by atoms with Crippen LogP contribution in [0.5, 0.6) is 5.75 Å². The second-order valence-corrected chi connectivity index (χ2v) is 5.97. The molecule has 3 nitrogen and oxygen atoms in total. The Morgan fingerprint density at radius 3 is 2.71 bits per heavy atom. The van der Waals surface area contributed by atoms with Crippen molar-refractivity contribution in [2.75, 3.05) is 23.8 Å². The molecule has 0 radical (unpaired) electrons. The summed E-state index contributed by atoms with van der Waals surface area (Å²) in [7, 11) is 0. The van der Waals surface area contributed by atoms with E-state index in [2.05, 4.69) is 6.07 Å². The molecule has 0 aliphatic rings. The normalized spacial score (nSPS) is 10.5. The van der Waals surface area contributed by atoms with Crippen molar-refractivity contribution in [2.45, 2.75) is 24.7 Å². The van der Waals surface area contributed by atoms with Gasteiger partial charge in [-0.25, -0.2) is 0 Å². The monoisotopic (exact) mass is 302 g/mol. The molecule has 0 aliphatic heterocycles. The third-order valence-electron chi connectivity index (χ3n) is 3.11. The highest BCUT2D eigenvalue weighted by molar-refractivity contribution is 7.99. The molecule has 0 bridgehead atoms. The first kappa shape index (κ1) is 15.6. The number of thioether (sulfide) groups is 1. The van der Waals surface area contributed by atoms with Crippen LogP contribution in [0.4, 0.5) is 11.4 Å².